The van der Waals surface area contributed by atoms with Crippen LogP contribution in [0.1, 0.15) is 31.1 Å². The van der Waals surface area contributed by atoms with Gasteiger partial charge in [0.05, 0.1) is 18.0 Å². The van der Waals surface area contributed by atoms with Gasteiger partial charge in [-0.2, -0.15) is 0 Å². The summed E-state index contributed by atoms with van der Waals surface area (Å²) in [5, 5.41) is 3.48. The van der Waals surface area contributed by atoms with Crippen LogP contribution in [-0.4, -0.2) is 11.6 Å². The lowest BCUT2D eigenvalue weighted by molar-refractivity contribution is 0.340. The molecule has 0 bridgehead atoms. The second-order valence-corrected chi connectivity index (χ2v) is 5.45. The lowest BCUT2D eigenvalue weighted by Gasteiger charge is -2.17. The molecule has 1 N–H and O–H groups in total. The molecule has 0 spiro atoms. The van der Waals surface area contributed by atoms with Crippen LogP contribution in [0.2, 0.25) is 0 Å². The summed E-state index contributed by atoms with van der Waals surface area (Å²) in [5.41, 5.74) is 3.25. The van der Waals surface area contributed by atoms with Gasteiger partial charge in [-0.25, -0.2) is 4.98 Å². The summed E-state index contributed by atoms with van der Waals surface area (Å²) in [7, 11) is 0. The zero-order valence-corrected chi connectivity index (χ0v) is 13.6. The molecular formula is C16H19BrN2O. The first-order chi connectivity index (χ1) is 9.60. The van der Waals surface area contributed by atoms with Gasteiger partial charge in [0.1, 0.15) is 10.4 Å². The normalized spacial score (nSPS) is 12.0. The minimum Gasteiger partial charge on any atom is -0.494 e. The fourth-order valence-corrected chi connectivity index (χ4v) is 2.42. The Hall–Kier alpha value is -1.55. The zero-order chi connectivity index (χ0) is 14.5. The minimum atomic E-state index is 0.215. The summed E-state index contributed by atoms with van der Waals surface area (Å²) in [4.78, 5) is 4.39. The van der Waals surface area contributed by atoms with E-state index in [0.717, 1.165) is 21.7 Å². The van der Waals surface area contributed by atoms with Crippen LogP contribution in [0.5, 0.6) is 5.75 Å². The van der Waals surface area contributed by atoms with E-state index in [1.807, 2.05) is 38.1 Å². The van der Waals surface area contributed by atoms with Crippen LogP contribution < -0.4 is 10.1 Å². The van der Waals surface area contributed by atoms with Crippen molar-refractivity contribution in [3.8, 4) is 5.75 Å². The summed E-state index contributed by atoms with van der Waals surface area (Å²) in [6.07, 6.45) is 0. The molecule has 0 amide bonds. The van der Waals surface area contributed by atoms with Crippen molar-refractivity contribution < 1.29 is 4.74 Å². The smallest absolute Gasteiger partial charge is 0.119 e. The van der Waals surface area contributed by atoms with Crippen LogP contribution in [0.3, 0.4) is 0 Å². The lowest BCUT2D eigenvalue weighted by Crippen LogP contribution is -2.08. The predicted molar refractivity (Wildman–Crippen MR) is 86.3 cm³/mol. The summed E-state index contributed by atoms with van der Waals surface area (Å²) in [5.74, 6) is 0.907. The summed E-state index contributed by atoms with van der Waals surface area (Å²) < 4.78 is 6.31. The number of aryl methyl sites for hydroxylation is 1. The highest BCUT2D eigenvalue weighted by molar-refractivity contribution is 9.10. The average Bonchev–Trinajstić information content (AvgIpc) is 2.43. The maximum atomic E-state index is 5.46. The first-order valence-corrected chi connectivity index (χ1v) is 7.52. The molecule has 0 aliphatic rings. The Kier molecular flexibility index (Phi) is 5.01. The maximum Gasteiger partial charge on any atom is 0.119 e. The molecule has 1 aromatic heterocycles. The molecule has 1 aromatic carbocycles. The Balaban J connectivity index is 2.09. The number of benzene rings is 1. The second-order valence-electron chi connectivity index (χ2n) is 4.64. The van der Waals surface area contributed by atoms with E-state index in [4.69, 9.17) is 4.74 Å². The van der Waals surface area contributed by atoms with Gasteiger partial charge in [0, 0.05) is 6.04 Å². The van der Waals surface area contributed by atoms with Crippen LogP contribution in [-0.2, 0) is 0 Å². The first kappa shape index (κ1) is 14.9. The maximum absolute atomic E-state index is 5.46. The zero-order valence-electron chi connectivity index (χ0n) is 12.0. The number of halogens is 1. The number of nitrogens with one attached hydrogen (secondary N) is 1. The monoisotopic (exact) mass is 334 g/mol. The molecule has 0 aliphatic heterocycles. The quantitative estimate of drug-likeness (QED) is 0.803. The average molecular weight is 335 g/mol. The number of hydrogen-bond acceptors (Lipinski definition) is 3. The third kappa shape index (κ3) is 3.73. The molecule has 4 heteroatoms. The number of rotatable bonds is 5. The van der Waals surface area contributed by atoms with Crippen molar-refractivity contribution in [1.29, 1.82) is 0 Å². The van der Waals surface area contributed by atoms with Gasteiger partial charge in [-0.1, -0.05) is 12.1 Å². The molecule has 0 fully saturated rings. The van der Waals surface area contributed by atoms with E-state index >= 15 is 0 Å². The summed E-state index contributed by atoms with van der Waals surface area (Å²) in [6.45, 7) is 6.81. The summed E-state index contributed by atoms with van der Waals surface area (Å²) in [6, 6.07) is 12.4. The van der Waals surface area contributed by atoms with Crippen LogP contribution >= 0.6 is 15.9 Å². The molecule has 20 heavy (non-hydrogen) atoms. The number of aromatic nitrogens is 1. The van der Waals surface area contributed by atoms with Crippen LogP contribution in [0, 0.1) is 6.92 Å². The first-order valence-electron chi connectivity index (χ1n) is 6.72. The Bertz CT molecular complexity index is 569. The van der Waals surface area contributed by atoms with Gasteiger partial charge >= 0.3 is 0 Å². The Morgan fingerprint density at radius 2 is 1.90 bits per heavy atom. The predicted octanol–water partition coefficient (Wildman–Crippen LogP) is 4.72. The van der Waals surface area contributed by atoms with E-state index < -0.39 is 0 Å². The highest BCUT2D eigenvalue weighted by Gasteiger charge is 2.08. The minimum absolute atomic E-state index is 0.215. The number of hydrogen-bond donors (Lipinski definition) is 1. The molecule has 106 valence electrons. The van der Waals surface area contributed by atoms with Crippen molar-refractivity contribution in [2.24, 2.45) is 0 Å². The Labute approximate surface area is 128 Å². The Morgan fingerprint density at radius 3 is 2.50 bits per heavy atom. The van der Waals surface area contributed by atoms with Crippen LogP contribution in [0.4, 0.5) is 5.69 Å². The van der Waals surface area contributed by atoms with Gasteiger partial charge in [-0.05, 0) is 66.5 Å². The van der Waals surface area contributed by atoms with E-state index in [0.29, 0.717) is 6.61 Å². The van der Waals surface area contributed by atoms with Gasteiger partial charge in [-0.15, -0.1) is 0 Å². The summed E-state index contributed by atoms with van der Waals surface area (Å²) >= 11 is 3.38. The van der Waals surface area contributed by atoms with E-state index in [9.17, 15) is 0 Å². The van der Waals surface area contributed by atoms with Crippen LogP contribution in [0.25, 0.3) is 0 Å². The lowest BCUT2D eigenvalue weighted by atomic mass is 10.1. The number of anilines is 1. The molecule has 1 atom stereocenters. The van der Waals surface area contributed by atoms with Gasteiger partial charge in [0.2, 0.25) is 0 Å². The third-order valence-electron chi connectivity index (χ3n) is 3.11. The van der Waals surface area contributed by atoms with Crippen molar-refractivity contribution in [1.82, 2.24) is 4.98 Å². The van der Waals surface area contributed by atoms with E-state index in [-0.39, 0.29) is 6.04 Å². The molecule has 0 radical (unpaired) electrons. The molecule has 1 unspecified atom stereocenters. The fraction of sp³-hybridized carbons (Fsp3) is 0.312. The van der Waals surface area contributed by atoms with Gasteiger partial charge < -0.3 is 10.1 Å². The van der Waals surface area contributed by atoms with Crippen molar-refractivity contribution in [3.63, 3.8) is 0 Å². The molecular weight excluding hydrogens is 316 g/mol. The van der Waals surface area contributed by atoms with Crippen molar-refractivity contribution in [2.75, 3.05) is 11.9 Å². The highest BCUT2D eigenvalue weighted by Crippen LogP contribution is 2.24. The second kappa shape index (κ2) is 6.75. The van der Waals surface area contributed by atoms with E-state index in [2.05, 4.69) is 45.3 Å². The SMILES string of the molecule is CCOc1ccc(C(C)Nc2ccc(Br)nc2C)cc1. The van der Waals surface area contributed by atoms with Gasteiger partial charge in [0.25, 0.3) is 0 Å². The number of nitrogens with zero attached hydrogens (tertiary/aromatic N) is 1. The highest BCUT2D eigenvalue weighted by atomic mass is 79.9. The van der Waals surface area contributed by atoms with Crippen LogP contribution in [0.15, 0.2) is 41.0 Å². The molecule has 2 aromatic rings. The Morgan fingerprint density at radius 1 is 1.20 bits per heavy atom. The standard InChI is InChI=1S/C16H19BrN2O/c1-4-20-14-7-5-13(6-8-14)11(2)18-15-9-10-16(17)19-12(15)3/h5-11,18H,4H2,1-3H3. The van der Waals surface area contributed by atoms with E-state index in [1.54, 1.807) is 0 Å². The molecule has 0 saturated heterocycles. The van der Waals surface area contributed by atoms with Gasteiger partial charge in [-0.3, -0.25) is 0 Å². The number of pyridine rings is 1. The number of ether oxygens (including phenoxy) is 1. The largest absolute Gasteiger partial charge is 0.494 e. The molecule has 0 saturated carbocycles. The molecule has 0 aliphatic carbocycles. The van der Waals surface area contributed by atoms with Crippen molar-refractivity contribution in [2.45, 2.75) is 26.8 Å². The molecule has 1 heterocycles. The van der Waals surface area contributed by atoms with Gasteiger partial charge in [0.15, 0.2) is 0 Å². The fourth-order valence-electron chi connectivity index (χ4n) is 2.02. The van der Waals surface area contributed by atoms with Crippen molar-refractivity contribution in [3.05, 3.63) is 52.3 Å². The molecule has 3 nitrogen and oxygen atoms in total. The van der Waals surface area contributed by atoms with E-state index in [1.165, 1.54) is 5.56 Å². The molecule has 2 rings (SSSR count). The third-order valence-corrected chi connectivity index (χ3v) is 3.56. The topological polar surface area (TPSA) is 34.1 Å². The van der Waals surface area contributed by atoms with Crippen molar-refractivity contribution >= 4 is 21.6 Å².